The van der Waals surface area contributed by atoms with E-state index in [1.165, 1.54) is 0 Å². The molecule has 4 nitrogen and oxygen atoms in total. The van der Waals surface area contributed by atoms with Crippen molar-refractivity contribution in [1.29, 1.82) is 0 Å². The molecule has 1 N–H and O–H groups in total. The number of imidazole rings is 1. The standard InChI is InChI=1S/C16H18N2O2/c1-13(2)7-8-16-17-14-5-3-4-6-15(14)18(16)9-11-20-12-10-19/h3-6,19H,1,9-12H2,2H3. The maximum Gasteiger partial charge on any atom is 0.186 e. The van der Waals surface area contributed by atoms with Crippen LogP contribution in [-0.2, 0) is 11.3 Å². The lowest BCUT2D eigenvalue weighted by Crippen LogP contribution is -2.10. The first-order valence-electron chi connectivity index (χ1n) is 6.54. The minimum absolute atomic E-state index is 0.0347. The Morgan fingerprint density at radius 3 is 2.95 bits per heavy atom. The Kier molecular flexibility index (Phi) is 4.94. The van der Waals surface area contributed by atoms with Crippen LogP contribution in [0, 0.1) is 11.8 Å². The third kappa shape index (κ3) is 3.47. The zero-order valence-electron chi connectivity index (χ0n) is 11.6. The second-order valence-electron chi connectivity index (χ2n) is 4.44. The van der Waals surface area contributed by atoms with E-state index in [4.69, 9.17) is 9.84 Å². The molecule has 104 valence electrons. The zero-order valence-corrected chi connectivity index (χ0v) is 11.6. The van der Waals surface area contributed by atoms with Gasteiger partial charge in [-0.2, -0.15) is 0 Å². The first-order valence-corrected chi connectivity index (χ1v) is 6.54. The number of allylic oxidation sites excluding steroid dienone is 1. The van der Waals surface area contributed by atoms with E-state index in [0.29, 0.717) is 25.6 Å². The number of fused-ring (bicyclic) bond motifs is 1. The highest BCUT2D eigenvalue weighted by Gasteiger charge is 2.08. The highest BCUT2D eigenvalue weighted by atomic mass is 16.5. The van der Waals surface area contributed by atoms with Crippen molar-refractivity contribution < 1.29 is 9.84 Å². The van der Waals surface area contributed by atoms with Crippen LogP contribution in [0.1, 0.15) is 12.7 Å². The van der Waals surface area contributed by atoms with Gasteiger partial charge in [0.15, 0.2) is 5.82 Å². The van der Waals surface area contributed by atoms with Crippen LogP contribution in [0.2, 0.25) is 0 Å². The molecule has 0 atom stereocenters. The van der Waals surface area contributed by atoms with Crippen molar-refractivity contribution in [3.63, 3.8) is 0 Å². The third-order valence-electron chi connectivity index (χ3n) is 2.74. The number of ether oxygens (including phenoxy) is 1. The minimum atomic E-state index is 0.0347. The molecule has 0 saturated heterocycles. The van der Waals surface area contributed by atoms with Crippen molar-refractivity contribution >= 4 is 11.0 Å². The molecule has 2 rings (SSSR count). The average molecular weight is 270 g/mol. The highest BCUT2D eigenvalue weighted by molar-refractivity contribution is 5.76. The molecule has 1 aromatic heterocycles. The molecule has 0 radical (unpaired) electrons. The minimum Gasteiger partial charge on any atom is -0.394 e. The molecule has 1 heterocycles. The number of aliphatic hydroxyl groups excluding tert-OH is 1. The molecule has 0 bridgehead atoms. The summed E-state index contributed by atoms with van der Waals surface area (Å²) >= 11 is 0. The van der Waals surface area contributed by atoms with E-state index in [2.05, 4.69) is 23.4 Å². The summed E-state index contributed by atoms with van der Waals surface area (Å²) in [6.07, 6.45) is 0. The van der Waals surface area contributed by atoms with Gasteiger partial charge in [0.25, 0.3) is 0 Å². The van der Waals surface area contributed by atoms with Crippen molar-refractivity contribution in [2.45, 2.75) is 13.5 Å². The van der Waals surface area contributed by atoms with Crippen molar-refractivity contribution in [1.82, 2.24) is 9.55 Å². The summed E-state index contributed by atoms with van der Waals surface area (Å²) in [6, 6.07) is 7.91. The summed E-state index contributed by atoms with van der Waals surface area (Å²) in [5.74, 6) is 6.71. The summed E-state index contributed by atoms with van der Waals surface area (Å²) in [5.41, 5.74) is 2.76. The highest BCUT2D eigenvalue weighted by Crippen LogP contribution is 2.15. The maximum absolute atomic E-state index is 8.72. The van der Waals surface area contributed by atoms with Crippen LogP contribution in [0.3, 0.4) is 0 Å². The topological polar surface area (TPSA) is 47.3 Å². The molecule has 0 spiro atoms. The van der Waals surface area contributed by atoms with E-state index >= 15 is 0 Å². The van der Waals surface area contributed by atoms with Crippen molar-refractivity contribution in [2.75, 3.05) is 19.8 Å². The molecule has 4 heteroatoms. The lowest BCUT2D eigenvalue weighted by atomic mass is 10.3. The maximum atomic E-state index is 8.72. The van der Waals surface area contributed by atoms with Crippen LogP contribution >= 0.6 is 0 Å². The van der Waals surface area contributed by atoms with Gasteiger partial charge in [0.2, 0.25) is 0 Å². The van der Waals surface area contributed by atoms with Crippen LogP contribution in [-0.4, -0.2) is 34.5 Å². The van der Waals surface area contributed by atoms with Crippen molar-refractivity contribution in [2.24, 2.45) is 0 Å². The van der Waals surface area contributed by atoms with Gasteiger partial charge in [-0.25, -0.2) is 4.98 Å². The number of aromatic nitrogens is 2. The van der Waals surface area contributed by atoms with E-state index in [1.54, 1.807) is 0 Å². The van der Waals surface area contributed by atoms with Crippen LogP contribution in [0.4, 0.5) is 0 Å². The van der Waals surface area contributed by atoms with Crippen molar-refractivity contribution in [3.05, 3.63) is 42.2 Å². The summed E-state index contributed by atoms with van der Waals surface area (Å²) in [7, 11) is 0. The summed E-state index contributed by atoms with van der Waals surface area (Å²) in [6.45, 7) is 7.19. The van der Waals surface area contributed by atoms with E-state index in [9.17, 15) is 0 Å². The molecule has 0 fully saturated rings. The Labute approximate surface area is 118 Å². The van der Waals surface area contributed by atoms with Gasteiger partial charge in [-0.05, 0) is 30.6 Å². The molecular formula is C16H18N2O2. The van der Waals surface area contributed by atoms with Gasteiger partial charge in [-0.3, -0.25) is 0 Å². The fourth-order valence-electron chi connectivity index (χ4n) is 1.88. The molecular weight excluding hydrogens is 252 g/mol. The Morgan fingerprint density at radius 2 is 2.20 bits per heavy atom. The first kappa shape index (κ1) is 14.3. The van der Waals surface area contributed by atoms with Gasteiger partial charge >= 0.3 is 0 Å². The molecule has 0 amide bonds. The van der Waals surface area contributed by atoms with Gasteiger partial charge in [-0.15, -0.1) is 0 Å². The van der Waals surface area contributed by atoms with E-state index in [1.807, 2.05) is 35.8 Å². The van der Waals surface area contributed by atoms with Crippen LogP contribution < -0.4 is 0 Å². The number of nitrogens with zero attached hydrogens (tertiary/aromatic N) is 2. The SMILES string of the molecule is C=C(C)C#Cc1nc2ccccc2n1CCOCCO. The normalized spacial score (nSPS) is 10.3. The van der Waals surface area contributed by atoms with Crippen molar-refractivity contribution in [3.8, 4) is 11.8 Å². The van der Waals surface area contributed by atoms with Crippen LogP contribution in [0.5, 0.6) is 0 Å². The number of rotatable bonds is 5. The van der Waals surface area contributed by atoms with Crippen LogP contribution in [0.15, 0.2) is 36.4 Å². The molecule has 0 aliphatic carbocycles. The molecule has 20 heavy (non-hydrogen) atoms. The molecule has 2 aromatic rings. The largest absolute Gasteiger partial charge is 0.394 e. The Hall–Kier alpha value is -2.09. The van der Waals surface area contributed by atoms with Gasteiger partial charge in [0, 0.05) is 6.54 Å². The van der Waals surface area contributed by atoms with Crippen LogP contribution in [0.25, 0.3) is 11.0 Å². The first-order chi connectivity index (χ1) is 9.72. The Bertz CT molecular complexity index is 662. The zero-order chi connectivity index (χ0) is 14.4. The predicted molar refractivity (Wildman–Crippen MR) is 79.3 cm³/mol. The number of hydrogen-bond donors (Lipinski definition) is 1. The lowest BCUT2D eigenvalue weighted by molar-refractivity contribution is 0.0874. The van der Waals surface area contributed by atoms with E-state index < -0.39 is 0 Å². The predicted octanol–water partition coefficient (Wildman–Crippen LogP) is 1.97. The Balaban J connectivity index is 2.30. The number of hydrogen-bond acceptors (Lipinski definition) is 3. The third-order valence-corrected chi connectivity index (χ3v) is 2.74. The smallest absolute Gasteiger partial charge is 0.186 e. The number of para-hydroxylation sites is 2. The molecule has 0 aliphatic heterocycles. The lowest BCUT2D eigenvalue weighted by Gasteiger charge is -2.06. The Morgan fingerprint density at radius 1 is 1.40 bits per heavy atom. The quantitative estimate of drug-likeness (QED) is 0.667. The molecule has 0 aliphatic rings. The summed E-state index contributed by atoms with van der Waals surface area (Å²) in [4.78, 5) is 4.53. The number of benzene rings is 1. The number of aliphatic hydroxyl groups is 1. The summed E-state index contributed by atoms with van der Waals surface area (Å²) < 4.78 is 7.35. The monoisotopic (exact) mass is 270 g/mol. The summed E-state index contributed by atoms with van der Waals surface area (Å²) in [5, 5.41) is 8.72. The second-order valence-corrected chi connectivity index (χ2v) is 4.44. The molecule has 0 unspecified atom stereocenters. The average Bonchev–Trinajstić information content (AvgIpc) is 2.79. The van der Waals surface area contributed by atoms with E-state index in [-0.39, 0.29) is 6.61 Å². The van der Waals surface area contributed by atoms with E-state index in [0.717, 1.165) is 16.6 Å². The fraction of sp³-hybridized carbons (Fsp3) is 0.312. The van der Waals surface area contributed by atoms with Gasteiger partial charge in [0.05, 0.1) is 30.9 Å². The van der Waals surface area contributed by atoms with Gasteiger partial charge in [0.1, 0.15) is 0 Å². The molecule has 0 saturated carbocycles. The fourth-order valence-corrected chi connectivity index (χ4v) is 1.88. The van der Waals surface area contributed by atoms with Gasteiger partial charge < -0.3 is 14.4 Å². The van der Waals surface area contributed by atoms with Gasteiger partial charge in [-0.1, -0.05) is 24.6 Å². The molecule has 1 aromatic carbocycles. The second kappa shape index (κ2) is 6.90.